The molecule has 0 saturated carbocycles. The number of nitrogens with one attached hydrogen (secondary N) is 2. The molecule has 0 radical (unpaired) electrons. The Bertz CT molecular complexity index is 1820. The molecule has 6 rings (SSSR count). The number of methoxy groups -OCH3 is 1. The van der Waals surface area contributed by atoms with Crippen molar-refractivity contribution >= 4 is 47.0 Å². The topological polar surface area (TPSA) is 122 Å². The Morgan fingerprint density at radius 1 is 0.681 bits per heavy atom. The van der Waals surface area contributed by atoms with Gasteiger partial charge in [0.05, 0.1) is 51.5 Å². The average Bonchev–Trinajstić information content (AvgIpc) is 3.08. The van der Waals surface area contributed by atoms with Gasteiger partial charge in [-0.2, -0.15) is 0 Å². The van der Waals surface area contributed by atoms with Crippen LogP contribution in [0.1, 0.15) is 101 Å². The van der Waals surface area contributed by atoms with Crippen LogP contribution in [-0.4, -0.2) is 36.0 Å². The van der Waals surface area contributed by atoms with Gasteiger partial charge in [-0.05, 0) is 109 Å². The van der Waals surface area contributed by atoms with Crippen molar-refractivity contribution in [3.8, 4) is 0 Å². The summed E-state index contributed by atoms with van der Waals surface area (Å²) >= 11 is 12.2. The van der Waals surface area contributed by atoms with E-state index in [0.717, 1.165) is 60.8 Å². The maximum absolute atomic E-state index is 12.5. The summed E-state index contributed by atoms with van der Waals surface area (Å²) in [6.45, 7) is 0. The van der Waals surface area contributed by atoms with Gasteiger partial charge < -0.3 is 20.5 Å². The van der Waals surface area contributed by atoms with Crippen molar-refractivity contribution < 1.29 is 29.0 Å². The first kappa shape index (κ1) is 33.7. The van der Waals surface area contributed by atoms with Crippen LogP contribution in [0, 0.1) is 0 Å². The zero-order valence-corrected chi connectivity index (χ0v) is 27.2. The van der Waals surface area contributed by atoms with Gasteiger partial charge in [0.25, 0.3) is 11.8 Å². The minimum absolute atomic E-state index is 0.137. The van der Waals surface area contributed by atoms with E-state index in [0.29, 0.717) is 26.7 Å². The number of carbonyl (C=O) groups excluding carboxylic acids is 3. The molecule has 2 aliphatic rings. The number of halogens is 2. The number of carboxylic acid groups (broad SMARTS) is 1. The molecule has 4 aromatic rings. The fraction of sp³-hybridized carbons (Fsp3) is 0.243. The van der Waals surface area contributed by atoms with Gasteiger partial charge in [0, 0.05) is 0 Å². The molecule has 0 aromatic heterocycles. The fourth-order valence-corrected chi connectivity index (χ4v) is 6.48. The number of fused-ring (bicyclic) bond motifs is 2. The maximum Gasteiger partial charge on any atom is 0.337 e. The van der Waals surface area contributed by atoms with E-state index in [1.165, 1.54) is 7.11 Å². The van der Waals surface area contributed by atoms with Crippen LogP contribution in [0.3, 0.4) is 0 Å². The number of hydrogen-bond acceptors (Lipinski definition) is 5. The number of benzene rings is 4. The smallest absolute Gasteiger partial charge is 0.337 e. The van der Waals surface area contributed by atoms with Crippen molar-refractivity contribution in [3.63, 3.8) is 0 Å². The SMILES string of the molecule is COC(=O)c1ccc2c(c1)[C@H](NC(=O)c1ccccc1Cl)CCC2.O=C(O)c1ccc2c(c1)[C@H](NC(=O)c1ccccc1Cl)CCC2. The standard InChI is InChI=1S/C19H18ClNO3.C18H16ClNO3/c1-24-19(23)13-10-9-12-5-4-8-17(15(12)11-13)21-18(22)14-6-2-3-7-16(14)20;19-15-6-2-1-5-13(15)17(21)20-16-7-3-4-11-8-9-12(18(22)23)10-14(11)16/h2-3,6-7,9-11,17H,4-5,8H2,1H3,(H,21,22);1-2,5-6,8-10,16H,3-4,7H2,(H,20,21)(H,22,23)/t17-;16-/m11/s1. The second kappa shape index (κ2) is 15.3. The molecule has 47 heavy (non-hydrogen) atoms. The van der Waals surface area contributed by atoms with Crippen LogP contribution in [0.4, 0.5) is 0 Å². The van der Waals surface area contributed by atoms with Crippen molar-refractivity contribution in [1.82, 2.24) is 10.6 Å². The molecule has 0 unspecified atom stereocenters. The van der Waals surface area contributed by atoms with Crippen LogP contribution in [0.15, 0.2) is 84.9 Å². The normalized spacial score (nSPS) is 16.3. The third-order valence-electron chi connectivity index (χ3n) is 8.44. The quantitative estimate of drug-likeness (QED) is 0.180. The molecule has 242 valence electrons. The molecule has 2 amide bonds. The first-order chi connectivity index (χ1) is 22.7. The summed E-state index contributed by atoms with van der Waals surface area (Å²) in [4.78, 5) is 47.9. The minimum Gasteiger partial charge on any atom is -0.478 e. The van der Waals surface area contributed by atoms with E-state index in [4.69, 9.17) is 33.0 Å². The van der Waals surface area contributed by atoms with Crippen molar-refractivity contribution in [2.45, 2.75) is 50.6 Å². The molecule has 0 heterocycles. The number of hydrogen-bond donors (Lipinski definition) is 3. The Kier molecular flexibility index (Phi) is 11.0. The summed E-state index contributed by atoms with van der Waals surface area (Å²) < 4.78 is 4.78. The highest BCUT2D eigenvalue weighted by Crippen LogP contribution is 2.33. The van der Waals surface area contributed by atoms with Gasteiger partial charge in [-0.15, -0.1) is 0 Å². The number of aromatic carboxylic acids is 1. The lowest BCUT2D eigenvalue weighted by Gasteiger charge is -2.27. The third kappa shape index (κ3) is 8.02. The summed E-state index contributed by atoms with van der Waals surface area (Å²) in [5.74, 6) is -1.79. The lowest BCUT2D eigenvalue weighted by atomic mass is 9.86. The molecule has 0 spiro atoms. The Hall–Kier alpha value is -4.66. The Morgan fingerprint density at radius 3 is 1.57 bits per heavy atom. The summed E-state index contributed by atoms with van der Waals surface area (Å²) in [6.07, 6.45) is 5.38. The molecular weight excluding hydrogens is 639 g/mol. The van der Waals surface area contributed by atoms with Crippen LogP contribution in [0.5, 0.6) is 0 Å². The highest BCUT2D eigenvalue weighted by Gasteiger charge is 2.26. The number of esters is 1. The number of ether oxygens (including phenoxy) is 1. The number of carboxylic acids is 1. The van der Waals surface area contributed by atoms with Crippen LogP contribution in [0.2, 0.25) is 10.0 Å². The Morgan fingerprint density at radius 2 is 1.13 bits per heavy atom. The molecule has 2 atom stereocenters. The first-order valence-electron chi connectivity index (χ1n) is 15.3. The predicted molar refractivity (Wildman–Crippen MR) is 180 cm³/mol. The summed E-state index contributed by atoms with van der Waals surface area (Å²) in [6, 6.07) is 24.2. The Balaban J connectivity index is 0.000000185. The maximum atomic E-state index is 12.5. The van der Waals surface area contributed by atoms with E-state index in [2.05, 4.69) is 10.6 Å². The molecule has 2 aliphatic carbocycles. The van der Waals surface area contributed by atoms with Crippen LogP contribution < -0.4 is 10.6 Å². The van der Waals surface area contributed by atoms with E-state index in [1.807, 2.05) is 18.2 Å². The van der Waals surface area contributed by atoms with E-state index < -0.39 is 5.97 Å². The highest BCUT2D eigenvalue weighted by atomic mass is 35.5. The second-order valence-electron chi connectivity index (χ2n) is 11.4. The lowest BCUT2D eigenvalue weighted by Crippen LogP contribution is -2.31. The van der Waals surface area contributed by atoms with Crippen molar-refractivity contribution in [1.29, 1.82) is 0 Å². The number of aryl methyl sites for hydroxylation is 2. The zero-order valence-electron chi connectivity index (χ0n) is 25.7. The molecule has 0 saturated heterocycles. The lowest BCUT2D eigenvalue weighted by molar-refractivity contribution is 0.0599. The number of carbonyl (C=O) groups is 4. The second-order valence-corrected chi connectivity index (χ2v) is 12.2. The summed E-state index contributed by atoms with van der Waals surface area (Å²) in [7, 11) is 1.36. The van der Waals surface area contributed by atoms with Gasteiger partial charge in [-0.25, -0.2) is 9.59 Å². The van der Waals surface area contributed by atoms with Crippen LogP contribution >= 0.6 is 23.2 Å². The van der Waals surface area contributed by atoms with Gasteiger partial charge in [0.1, 0.15) is 0 Å². The first-order valence-corrected chi connectivity index (χ1v) is 16.1. The van der Waals surface area contributed by atoms with E-state index in [-0.39, 0.29) is 35.4 Å². The molecule has 10 heteroatoms. The van der Waals surface area contributed by atoms with Gasteiger partial charge in [0.2, 0.25) is 0 Å². The van der Waals surface area contributed by atoms with Gasteiger partial charge in [0.15, 0.2) is 0 Å². The molecular formula is C37H34Cl2N2O6. The molecule has 0 fully saturated rings. The van der Waals surface area contributed by atoms with Gasteiger partial charge in [-0.1, -0.05) is 59.6 Å². The predicted octanol–water partition coefficient (Wildman–Crippen LogP) is 7.78. The number of amides is 2. The van der Waals surface area contributed by atoms with Crippen molar-refractivity contribution in [2.75, 3.05) is 7.11 Å². The van der Waals surface area contributed by atoms with Crippen molar-refractivity contribution in [2.24, 2.45) is 0 Å². The summed E-state index contributed by atoms with van der Waals surface area (Å²) in [5, 5.41) is 16.0. The monoisotopic (exact) mass is 672 g/mol. The fourth-order valence-electron chi connectivity index (χ4n) is 6.04. The van der Waals surface area contributed by atoms with Crippen LogP contribution in [0.25, 0.3) is 0 Å². The van der Waals surface area contributed by atoms with Crippen LogP contribution in [-0.2, 0) is 17.6 Å². The zero-order chi connectivity index (χ0) is 33.5. The minimum atomic E-state index is -0.963. The van der Waals surface area contributed by atoms with E-state index in [1.54, 1.807) is 66.7 Å². The van der Waals surface area contributed by atoms with E-state index in [9.17, 15) is 19.2 Å². The average molecular weight is 674 g/mol. The highest BCUT2D eigenvalue weighted by molar-refractivity contribution is 6.34. The molecule has 0 bridgehead atoms. The van der Waals surface area contributed by atoms with Crippen molar-refractivity contribution in [3.05, 3.63) is 139 Å². The van der Waals surface area contributed by atoms with E-state index >= 15 is 0 Å². The summed E-state index contributed by atoms with van der Waals surface area (Å²) in [5.41, 5.74) is 5.72. The molecule has 3 N–H and O–H groups in total. The largest absolute Gasteiger partial charge is 0.478 e. The third-order valence-corrected chi connectivity index (χ3v) is 9.10. The molecule has 4 aromatic carbocycles. The molecule has 0 aliphatic heterocycles. The molecule has 8 nitrogen and oxygen atoms in total. The number of rotatable bonds is 6. The van der Waals surface area contributed by atoms with Gasteiger partial charge in [-0.3, -0.25) is 9.59 Å². The van der Waals surface area contributed by atoms with Gasteiger partial charge >= 0.3 is 11.9 Å². The Labute approximate surface area is 283 Å².